The van der Waals surface area contributed by atoms with Crippen molar-refractivity contribution in [2.24, 2.45) is 4.99 Å². The SMILES string of the molecule is C/C(=C(\C#N)C(=S)/N=C/N(C)C)N1CCCN(c2ccc3c(c2)OCCO3)CC1. The number of thiocarbonyl (C=S) groups is 1. The fraction of sp³-hybridized carbons (Fsp3) is 0.476. The summed E-state index contributed by atoms with van der Waals surface area (Å²) in [6.45, 7) is 6.61. The molecular weight excluding hydrogens is 386 g/mol. The Balaban J connectivity index is 1.72. The van der Waals surface area contributed by atoms with Gasteiger partial charge in [0, 0.05) is 57.7 Å². The van der Waals surface area contributed by atoms with Crippen LogP contribution in [0.25, 0.3) is 0 Å². The van der Waals surface area contributed by atoms with Crippen LogP contribution in [0.2, 0.25) is 0 Å². The summed E-state index contributed by atoms with van der Waals surface area (Å²) < 4.78 is 11.3. The van der Waals surface area contributed by atoms with Gasteiger partial charge in [0.1, 0.15) is 29.8 Å². The summed E-state index contributed by atoms with van der Waals surface area (Å²) in [7, 11) is 3.74. The lowest BCUT2D eigenvalue weighted by atomic mass is 10.2. The number of hydrogen-bond donors (Lipinski definition) is 0. The molecule has 0 N–H and O–H groups in total. The van der Waals surface area contributed by atoms with Crippen LogP contribution in [0, 0.1) is 11.3 Å². The van der Waals surface area contributed by atoms with Crippen molar-refractivity contribution in [3.63, 3.8) is 0 Å². The topological polar surface area (TPSA) is 64.3 Å². The Kier molecular flexibility index (Phi) is 6.94. The van der Waals surface area contributed by atoms with E-state index in [1.165, 1.54) is 0 Å². The highest BCUT2D eigenvalue weighted by molar-refractivity contribution is 7.80. The maximum atomic E-state index is 9.63. The molecule has 2 aliphatic rings. The Labute approximate surface area is 177 Å². The first kappa shape index (κ1) is 20.9. The van der Waals surface area contributed by atoms with Gasteiger partial charge in [-0.2, -0.15) is 5.26 Å². The minimum Gasteiger partial charge on any atom is -0.486 e. The number of benzene rings is 1. The van der Waals surface area contributed by atoms with Crippen molar-refractivity contribution in [1.29, 1.82) is 5.26 Å². The highest BCUT2D eigenvalue weighted by Crippen LogP contribution is 2.34. The zero-order valence-electron chi connectivity index (χ0n) is 17.2. The van der Waals surface area contributed by atoms with Gasteiger partial charge in [-0.25, -0.2) is 4.99 Å². The molecule has 29 heavy (non-hydrogen) atoms. The number of anilines is 1. The third-order valence-electron chi connectivity index (χ3n) is 4.95. The Morgan fingerprint density at radius 1 is 1.17 bits per heavy atom. The van der Waals surface area contributed by atoms with Gasteiger partial charge in [-0.3, -0.25) is 0 Å². The number of ether oxygens (including phenoxy) is 2. The summed E-state index contributed by atoms with van der Waals surface area (Å²) in [4.78, 5) is 10.9. The highest BCUT2D eigenvalue weighted by Gasteiger charge is 2.20. The van der Waals surface area contributed by atoms with Crippen LogP contribution in [0.1, 0.15) is 13.3 Å². The number of rotatable bonds is 4. The van der Waals surface area contributed by atoms with Gasteiger partial charge in [0.25, 0.3) is 0 Å². The van der Waals surface area contributed by atoms with E-state index in [0.717, 1.165) is 55.5 Å². The Bertz CT molecular complexity index is 859. The van der Waals surface area contributed by atoms with Crippen LogP contribution < -0.4 is 14.4 Å². The minimum atomic E-state index is 0.326. The quantitative estimate of drug-likeness (QED) is 0.247. The molecule has 0 aliphatic carbocycles. The predicted octanol–water partition coefficient (Wildman–Crippen LogP) is 2.68. The molecular formula is C21H27N5O2S. The summed E-state index contributed by atoms with van der Waals surface area (Å²) in [5, 5.41) is 9.63. The zero-order valence-corrected chi connectivity index (χ0v) is 18.0. The third-order valence-corrected chi connectivity index (χ3v) is 5.26. The van der Waals surface area contributed by atoms with Crippen LogP contribution in [-0.2, 0) is 0 Å². The molecule has 0 bridgehead atoms. The highest BCUT2D eigenvalue weighted by atomic mass is 32.1. The van der Waals surface area contributed by atoms with E-state index in [4.69, 9.17) is 21.7 Å². The van der Waals surface area contributed by atoms with Crippen molar-refractivity contribution in [2.75, 3.05) is 58.4 Å². The van der Waals surface area contributed by atoms with E-state index in [2.05, 4.69) is 33.0 Å². The van der Waals surface area contributed by atoms with Crippen LogP contribution in [0.15, 0.2) is 34.5 Å². The van der Waals surface area contributed by atoms with E-state index in [1.807, 2.05) is 27.1 Å². The lowest BCUT2D eigenvalue weighted by Gasteiger charge is -2.27. The normalized spacial score (nSPS) is 17.4. The fourth-order valence-electron chi connectivity index (χ4n) is 3.41. The molecule has 0 atom stereocenters. The Morgan fingerprint density at radius 2 is 1.93 bits per heavy atom. The van der Waals surface area contributed by atoms with Crippen LogP contribution in [0.4, 0.5) is 5.69 Å². The second kappa shape index (κ2) is 9.61. The largest absolute Gasteiger partial charge is 0.486 e. The van der Waals surface area contributed by atoms with Crippen LogP contribution in [-0.4, -0.2) is 74.6 Å². The molecule has 0 saturated carbocycles. The van der Waals surface area contributed by atoms with Crippen molar-refractivity contribution in [1.82, 2.24) is 9.80 Å². The number of nitrogens with zero attached hydrogens (tertiary/aromatic N) is 5. The van der Waals surface area contributed by atoms with Gasteiger partial charge >= 0.3 is 0 Å². The van der Waals surface area contributed by atoms with Crippen molar-refractivity contribution < 1.29 is 9.47 Å². The van der Waals surface area contributed by atoms with Gasteiger partial charge in [-0.1, -0.05) is 12.2 Å². The molecule has 1 aromatic rings. The molecule has 3 rings (SSSR count). The van der Waals surface area contributed by atoms with Crippen LogP contribution in [0.3, 0.4) is 0 Å². The summed E-state index contributed by atoms with van der Waals surface area (Å²) >= 11 is 5.36. The molecule has 8 heteroatoms. The van der Waals surface area contributed by atoms with E-state index >= 15 is 0 Å². The van der Waals surface area contributed by atoms with Gasteiger partial charge in [-0.05, 0) is 25.5 Å². The molecule has 0 amide bonds. The van der Waals surface area contributed by atoms with Crippen molar-refractivity contribution in [3.05, 3.63) is 29.5 Å². The van der Waals surface area contributed by atoms with Crippen molar-refractivity contribution in [3.8, 4) is 17.6 Å². The average molecular weight is 414 g/mol. The van der Waals surface area contributed by atoms with Gasteiger partial charge in [0.05, 0.1) is 6.34 Å². The molecule has 0 radical (unpaired) electrons. The number of fused-ring (bicyclic) bond motifs is 1. The Hall–Kier alpha value is -2.79. The molecule has 2 aliphatic heterocycles. The number of allylic oxidation sites excluding steroid dienone is 1. The van der Waals surface area contributed by atoms with Crippen LogP contribution in [0.5, 0.6) is 11.5 Å². The van der Waals surface area contributed by atoms with Crippen molar-refractivity contribution in [2.45, 2.75) is 13.3 Å². The van der Waals surface area contributed by atoms with Crippen molar-refractivity contribution >= 4 is 29.2 Å². The molecule has 0 aromatic heterocycles. The van der Waals surface area contributed by atoms with E-state index in [-0.39, 0.29) is 0 Å². The second-order valence-electron chi connectivity index (χ2n) is 7.24. The first-order valence-electron chi connectivity index (χ1n) is 9.75. The van der Waals surface area contributed by atoms with Crippen LogP contribution >= 0.6 is 12.2 Å². The fourth-order valence-corrected chi connectivity index (χ4v) is 3.65. The third kappa shape index (κ3) is 5.18. The molecule has 2 heterocycles. The molecule has 1 saturated heterocycles. The van der Waals surface area contributed by atoms with Gasteiger partial charge in [-0.15, -0.1) is 0 Å². The minimum absolute atomic E-state index is 0.326. The summed E-state index contributed by atoms with van der Waals surface area (Å²) in [5.74, 6) is 1.61. The zero-order chi connectivity index (χ0) is 20.8. The first-order chi connectivity index (χ1) is 14.0. The standard InChI is InChI=1S/C21H27N5O2S/c1-16(18(14-22)21(29)23-15-24(2)3)25-7-4-8-26(10-9-25)17-5-6-19-20(13-17)28-12-11-27-19/h5-6,13,15H,4,7-12H2,1-3H3/b18-16-,23-15+. The molecule has 7 nitrogen and oxygen atoms in total. The molecule has 154 valence electrons. The smallest absolute Gasteiger partial charge is 0.163 e. The Morgan fingerprint density at radius 3 is 2.66 bits per heavy atom. The first-order valence-corrected chi connectivity index (χ1v) is 10.2. The van der Waals surface area contributed by atoms with E-state index in [9.17, 15) is 5.26 Å². The summed E-state index contributed by atoms with van der Waals surface area (Å²) in [6.07, 6.45) is 2.61. The summed E-state index contributed by atoms with van der Waals surface area (Å²) in [6, 6.07) is 8.35. The number of nitriles is 1. The molecule has 0 unspecified atom stereocenters. The van der Waals surface area contributed by atoms with E-state index in [0.29, 0.717) is 23.8 Å². The van der Waals surface area contributed by atoms with E-state index in [1.54, 1.807) is 11.2 Å². The van der Waals surface area contributed by atoms with E-state index < -0.39 is 0 Å². The number of aliphatic imine (C=N–C) groups is 1. The summed E-state index contributed by atoms with van der Waals surface area (Å²) in [5.41, 5.74) is 2.48. The van der Waals surface area contributed by atoms with Gasteiger partial charge < -0.3 is 24.2 Å². The maximum Gasteiger partial charge on any atom is 0.163 e. The molecule has 0 spiro atoms. The lowest BCUT2D eigenvalue weighted by Crippen LogP contribution is -2.30. The average Bonchev–Trinajstić information content (AvgIpc) is 2.98. The predicted molar refractivity (Wildman–Crippen MR) is 119 cm³/mol. The monoisotopic (exact) mass is 413 g/mol. The van der Waals surface area contributed by atoms with Gasteiger partial charge in [0.2, 0.25) is 0 Å². The maximum absolute atomic E-state index is 9.63. The van der Waals surface area contributed by atoms with Gasteiger partial charge in [0.15, 0.2) is 11.5 Å². The second-order valence-corrected chi connectivity index (χ2v) is 7.63. The lowest BCUT2D eigenvalue weighted by molar-refractivity contribution is 0.171. The number of hydrogen-bond acceptors (Lipinski definition) is 6. The molecule has 1 fully saturated rings. The molecule has 1 aromatic carbocycles.